The normalized spacial score (nSPS) is 28.7. The largest absolute Gasteiger partial charge is 0.389 e. The van der Waals surface area contributed by atoms with Gasteiger partial charge in [0, 0.05) is 20.0 Å². The summed E-state index contributed by atoms with van der Waals surface area (Å²) in [5.41, 5.74) is -0.0907. The zero-order valence-corrected chi connectivity index (χ0v) is 17.4. The minimum atomic E-state index is -1.18. The number of thiophene rings is 1. The van der Waals surface area contributed by atoms with Crippen molar-refractivity contribution in [2.75, 3.05) is 19.4 Å². The van der Waals surface area contributed by atoms with E-state index in [4.69, 9.17) is 0 Å². The predicted molar refractivity (Wildman–Crippen MR) is 111 cm³/mol. The predicted octanol–water partition coefficient (Wildman–Crippen LogP) is 0.497. The van der Waals surface area contributed by atoms with E-state index < -0.39 is 23.7 Å². The number of amides is 1. The molecular weight excluding hydrogens is 423 g/mol. The number of anilines is 1. The molecule has 160 valence electrons. The second-order valence-corrected chi connectivity index (χ2v) is 8.71. The zero-order chi connectivity index (χ0) is 21.9. The number of aliphatic hydroxyl groups is 2. The third kappa shape index (κ3) is 2.83. The summed E-state index contributed by atoms with van der Waals surface area (Å²) in [4.78, 5) is 26.2. The average molecular weight is 442 g/mol. The Morgan fingerprint density at radius 2 is 2.13 bits per heavy atom. The van der Waals surface area contributed by atoms with Crippen LogP contribution in [0.1, 0.15) is 23.2 Å². The molecular formula is C20H19FN6O3S. The van der Waals surface area contributed by atoms with E-state index in [9.17, 15) is 19.4 Å². The van der Waals surface area contributed by atoms with Crippen molar-refractivity contribution >= 4 is 34.2 Å². The van der Waals surface area contributed by atoms with Gasteiger partial charge in [0.05, 0.1) is 28.8 Å². The van der Waals surface area contributed by atoms with Crippen molar-refractivity contribution in [3.63, 3.8) is 0 Å². The van der Waals surface area contributed by atoms with Gasteiger partial charge in [0.2, 0.25) is 11.7 Å². The minimum absolute atomic E-state index is 0.203. The SMILES string of the molecule is CNC(=O)[C@@]12C[C@@H]1C(n1cnc3c(NC)nc(C#Cc4ccc(F)s4)nc31)C(O)C2O. The molecule has 3 aromatic heterocycles. The van der Waals surface area contributed by atoms with Gasteiger partial charge in [-0.1, -0.05) is 11.3 Å². The summed E-state index contributed by atoms with van der Waals surface area (Å²) in [6, 6.07) is 2.36. The number of rotatable bonds is 3. The molecule has 2 aliphatic carbocycles. The van der Waals surface area contributed by atoms with Crippen LogP contribution in [0.25, 0.3) is 11.2 Å². The van der Waals surface area contributed by atoms with Crippen LogP contribution in [0, 0.1) is 28.3 Å². The third-order valence-corrected chi connectivity index (χ3v) is 6.96. The van der Waals surface area contributed by atoms with E-state index in [0.29, 0.717) is 28.3 Å². The number of carbonyl (C=O) groups is 1. The van der Waals surface area contributed by atoms with Gasteiger partial charge >= 0.3 is 0 Å². The molecule has 0 aliphatic heterocycles. The average Bonchev–Trinajstić information content (AvgIpc) is 3.02. The number of nitrogens with zero attached hydrogens (tertiary/aromatic N) is 4. The maximum atomic E-state index is 13.2. The second-order valence-electron chi connectivity index (χ2n) is 7.68. The molecule has 3 aromatic rings. The van der Waals surface area contributed by atoms with Crippen LogP contribution in [0.3, 0.4) is 0 Å². The maximum absolute atomic E-state index is 13.2. The van der Waals surface area contributed by atoms with Crippen LogP contribution in [0.4, 0.5) is 10.2 Å². The first-order valence-electron chi connectivity index (χ1n) is 9.68. The Bertz CT molecular complexity index is 1260. The lowest BCUT2D eigenvalue weighted by atomic mass is 9.98. The van der Waals surface area contributed by atoms with E-state index >= 15 is 0 Å². The number of nitrogens with one attached hydrogen (secondary N) is 2. The fraction of sp³-hybridized carbons (Fsp3) is 0.400. The Morgan fingerprint density at radius 1 is 1.32 bits per heavy atom. The summed E-state index contributed by atoms with van der Waals surface area (Å²) in [6.07, 6.45) is -0.329. The van der Waals surface area contributed by atoms with Gasteiger partial charge in [-0.3, -0.25) is 4.79 Å². The summed E-state index contributed by atoms with van der Waals surface area (Å²) in [7, 11) is 3.21. The maximum Gasteiger partial charge on any atom is 0.229 e. The molecule has 31 heavy (non-hydrogen) atoms. The lowest BCUT2D eigenvalue weighted by Crippen LogP contribution is -2.41. The molecule has 3 heterocycles. The van der Waals surface area contributed by atoms with Crippen LogP contribution in [0.2, 0.25) is 0 Å². The number of halogens is 1. The first-order chi connectivity index (χ1) is 14.9. The summed E-state index contributed by atoms with van der Waals surface area (Å²) in [5.74, 6) is 5.81. The molecule has 3 unspecified atom stereocenters. The molecule has 9 nitrogen and oxygen atoms in total. The smallest absolute Gasteiger partial charge is 0.229 e. The van der Waals surface area contributed by atoms with E-state index in [1.54, 1.807) is 17.7 Å². The number of hydrogen-bond acceptors (Lipinski definition) is 8. The van der Waals surface area contributed by atoms with Crippen molar-refractivity contribution in [1.82, 2.24) is 24.8 Å². The molecule has 2 fully saturated rings. The van der Waals surface area contributed by atoms with Crippen molar-refractivity contribution in [1.29, 1.82) is 0 Å². The molecule has 4 N–H and O–H groups in total. The molecule has 11 heteroatoms. The van der Waals surface area contributed by atoms with Gasteiger partial charge in [-0.15, -0.1) is 0 Å². The lowest BCUT2D eigenvalue weighted by molar-refractivity contribution is -0.132. The molecule has 2 aliphatic rings. The highest BCUT2D eigenvalue weighted by atomic mass is 32.1. The van der Waals surface area contributed by atoms with Crippen molar-refractivity contribution in [2.24, 2.45) is 11.3 Å². The Hall–Kier alpha value is -3.07. The van der Waals surface area contributed by atoms with Gasteiger partial charge in [-0.25, -0.2) is 15.0 Å². The monoisotopic (exact) mass is 442 g/mol. The number of carbonyl (C=O) groups excluding carboxylic acids is 1. The van der Waals surface area contributed by atoms with E-state index in [1.807, 2.05) is 0 Å². The van der Waals surface area contributed by atoms with Crippen LogP contribution in [0.5, 0.6) is 0 Å². The number of aromatic nitrogens is 4. The molecule has 0 spiro atoms. The lowest BCUT2D eigenvalue weighted by Gasteiger charge is -2.23. The van der Waals surface area contributed by atoms with Crippen molar-refractivity contribution in [3.05, 3.63) is 34.3 Å². The first kappa shape index (κ1) is 19.9. The summed E-state index contributed by atoms with van der Waals surface area (Å²) < 4.78 is 14.9. The highest BCUT2D eigenvalue weighted by Gasteiger charge is 2.75. The molecule has 0 bridgehead atoms. The van der Waals surface area contributed by atoms with Crippen molar-refractivity contribution in [3.8, 4) is 11.8 Å². The van der Waals surface area contributed by atoms with Crippen LogP contribution < -0.4 is 10.6 Å². The fourth-order valence-corrected chi connectivity index (χ4v) is 5.23. The van der Waals surface area contributed by atoms with Crippen LogP contribution in [0.15, 0.2) is 18.5 Å². The van der Waals surface area contributed by atoms with Crippen LogP contribution in [-0.2, 0) is 4.79 Å². The van der Waals surface area contributed by atoms with Gasteiger partial charge in [0.25, 0.3) is 0 Å². The number of hydrogen-bond donors (Lipinski definition) is 4. The number of imidazole rings is 1. The molecule has 5 rings (SSSR count). The van der Waals surface area contributed by atoms with Crippen LogP contribution >= 0.6 is 11.3 Å². The third-order valence-electron chi connectivity index (χ3n) is 6.17. The standard InChI is InChI=1S/C20H19FN6O3S/c1-22-17-13-18(26-12(25-17)6-4-9-3-5-11(21)31-9)27(8-24-13)14-10-7-20(10,19(30)23-2)16(29)15(14)28/h3,5,8,10,14-16,28-29H,7H2,1-2H3,(H,23,30)(H,22,25,26)/t10-,14?,15?,16?,20+/m1/s1. The Kier molecular flexibility index (Phi) is 4.47. The van der Waals surface area contributed by atoms with Crippen molar-refractivity contribution in [2.45, 2.75) is 24.7 Å². The summed E-state index contributed by atoms with van der Waals surface area (Å²) in [6.45, 7) is 0. The van der Waals surface area contributed by atoms with Gasteiger partial charge < -0.3 is 25.4 Å². The van der Waals surface area contributed by atoms with E-state index in [2.05, 4.69) is 37.4 Å². The van der Waals surface area contributed by atoms with E-state index in [-0.39, 0.29) is 22.8 Å². The molecule has 0 saturated heterocycles. The van der Waals surface area contributed by atoms with Crippen molar-refractivity contribution < 1.29 is 19.4 Å². The highest BCUT2D eigenvalue weighted by molar-refractivity contribution is 7.10. The zero-order valence-electron chi connectivity index (χ0n) is 16.6. The first-order valence-corrected chi connectivity index (χ1v) is 10.5. The topological polar surface area (TPSA) is 125 Å². The minimum Gasteiger partial charge on any atom is -0.389 e. The number of aliphatic hydroxyl groups excluding tert-OH is 2. The molecule has 0 radical (unpaired) electrons. The van der Waals surface area contributed by atoms with Crippen LogP contribution in [-0.4, -0.2) is 61.9 Å². The molecule has 5 atom stereocenters. The van der Waals surface area contributed by atoms with Gasteiger partial charge in [-0.05, 0) is 30.4 Å². The Morgan fingerprint density at radius 3 is 2.81 bits per heavy atom. The quantitative estimate of drug-likeness (QED) is 0.435. The molecule has 0 aromatic carbocycles. The van der Waals surface area contributed by atoms with Gasteiger partial charge in [0.1, 0.15) is 6.10 Å². The van der Waals surface area contributed by atoms with Gasteiger partial charge in [-0.2, -0.15) is 4.39 Å². The summed E-state index contributed by atoms with van der Waals surface area (Å²) in [5, 5.41) is 26.6. The van der Waals surface area contributed by atoms with E-state index in [1.165, 1.54) is 19.4 Å². The Labute approximate surface area is 180 Å². The highest BCUT2D eigenvalue weighted by Crippen LogP contribution is 2.67. The Balaban J connectivity index is 1.58. The number of fused-ring (bicyclic) bond motifs is 2. The summed E-state index contributed by atoms with van der Waals surface area (Å²) >= 11 is 0.929. The van der Waals surface area contributed by atoms with Gasteiger partial charge in [0.15, 0.2) is 22.1 Å². The fourth-order valence-electron chi connectivity index (χ4n) is 4.65. The van der Waals surface area contributed by atoms with E-state index in [0.717, 1.165) is 11.3 Å². The molecule has 1 amide bonds. The molecule has 2 saturated carbocycles. The second kappa shape index (κ2) is 6.98.